The van der Waals surface area contributed by atoms with E-state index in [1.54, 1.807) is 0 Å². The summed E-state index contributed by atoms with van der Waals surface area (Å²) in [5.74, 6) is -0.611. The molecule has 1 atom stereocenters. The van der Waals surface area contributed by atoms with Crippen molar-refractivity contribution in [2.75, 3.05) is 13.1 Å². The van der Waals surface area contributed by atoms with Crippen LogP contribution >= 0.6 is 0 Å². The van der Waals surface area contributed by atoms with E-state index < -0.39 is 27.5 Å². The first-order chi connectivity index (χ1) is 12.1. The Labute approximate surface area is 156 Å². The number of nitrogens with zero attached hydrogens (tertiary/aromatic N) is 1. The molecule has 1 aliphatic rings. The van der Waals surface area contributed by atoms with Crippen molar-refractivity contribution >= 4 is 16.2 Å². The number of carboxylic acid groups (broad SMARTS) is 1. The van der Waals surface area contributed by atoms with Crippen LogP contribution in [0.5, 0.6) is 5.75 Å². The third-order valence-corrected chi connectivity index (χ3v) is 5.76. The third kappa shape index (κ3) is 4.31. The normalized spacial score (nSPS) is 18.6. The van der Waals surface area contributed by atoms with Crippen LogP contribution in [0.3, 0.4) is 0 Å². The van der Waals surface area contributed by atoms with E-state index in [0.29, 0.717) is 5.56 Å². The zero-order chi connectivity index (χ0) is 20.8. The van der Waals surface area contributed by atoms with Crippen molar-refractivity contribution in [2.24, 2.45) is 5.41 Å². The molecular weight excluding hydrogens is 387 g/mol. The minimum atomic E-state index is -5.78. The van der Waals surface area contributed by atoms with Gasteiger partial charge in [0.2, 0.25) is 0 Å². The molecule has 0 bridgehead atoms. The first-order valence-electron chi connectivity index (χ1n) is 8.26. The van der Waals surface area contributed by atoms with Crippen molar-refractivity contribution in [1.82, 2.24) is 4.90 Å². The lowest BCUT2D eigenvalue weighted by Gasteiger charge is -2.33. The Balaban J connectivity index is 2.54. The van der Waals surface area contributed by atoms with Gasteiger partial charge in [-0.25, -0.2) is 4.79 Å². The van der Waals surface area contributed by atoms with Crippen molar-refractivity contribution in [3.05, 3.63) is 28.8 Å². The highest BCUT2D eigenvalue weighted by atomic mass is 32.2. The van der Waals surface area contributed by atoms with Gasteiger partial charge in [0.05, 0.1) is 0 Å². The average Bonchev–Trinajstić information content (AvgIpc) is 2.68. The summed E-state index contributed by atoms with van der Waals surface area (Å²) in [5, 5.41) is 9.39. The maximum Gasteiger partial charge on any atom is 0.534 e. The Morgan fingerprint density at radius 2 is 1.85 bits per heavy atom. The van der Waals surface area contributed by atoms with Crippen LogP contribution in [0.4, 0.5) is 18.0 Å². The molecule has 2 rings (SSSR count). The minimum Gasteiger partial charge on any atom is -0.465 e. The highest BCUT2D eigenvalue weighted by Crippen LogP contribution is 2.42. The summed E-state index contributed by atoms with van der Waals surface area (Å²) in [4.78, 5) is 12.7. The lowest BCUT2D eigenvalue weighted by Crippen LogP contribution is -2.36. The van der Waals surface area contributed by atoms with E-state index in [4.69, 9.17) is 0 Å². The van der Waals surface area contributed by atoms with E-state index in [1.165, 1.54) is 24.0 Å². The van der Waals surface area contributed by atoms with Gasteiger partial charge in [0, 0.05) is 19.0 Å². The molecule has 0 spiro atoms. The first kappa shape index (κ1) is 21.3. The second kappa shape index (κ2) is 6.88. The van der Waals surface area contributed by atoms with Gasteiger partial charge in [-0.1, -0.05) is 26.8 Å². The van der Waals surface area contributed by atoms with Gasteiger partial charge in [-0.15, -0.1) is 0 Å². The summed E-state index contributed by atoms with van der Waals surface area (Å²) >= 11 is 0. The van der Waals surface area contributed by atoms with Gasteiger partial charge in [-0.2, -0.15) is 21.6 Å². The van der Waals surface area contributed by atoms with Crippen LogP contribution in [0, 0.1) is 12.3 Å². The molecule has 1 aromatic rings. The fraction of sp³-hybridized carbons (Fsp3) is 0.588. The smallest absolute Gasteiger partial charge is 0.465 e. The van der Waals surface area contributed by atoms with Crippen LogP contribution < -0.4 is 4.18 Å². The minimum absolute atomic E-state index is 0.158. The van der Waals surface area contributed by atoms with Crippen molar-refractivity contribution in [3.8, 4) is 5.75 Å². The van der Waals surface area contributed by atoms with Crippen LogP contribution in [0.15, 0.2) is 12.1 Å². The average molecular weight is 409 g/mol. The van der Waals surface area contributed by atoms with Gasteiger partial charge >= 0.3 is 21.7 Å². The van der Waals surface area contributed by atoms with Gasteiger partial charge in [0.15, 0.2) is 0 Å². The molecule has 0 saturated heterocycles. The molecule has 0 aliphatic carbocycles. The topological polar surface area (TPSA) is 83.9 Å². The number of benzene rings is 1. The fourth-order valence-corrected chi connectivity index (χ4v) is 3.75. The van der Waals surface area contributed by atoms with Gasteiger partial charge in [-0.05, 0) is 41.5 Å². The molecule has 10 heteroatoms. The second-order valence-electron chi connectivity index (χ2n) is 7.64. The summed E-state index contributed by atoms with van der Waals surface area (Å²) in [6, 6.07) is 2.73. The van der Waals surface area contributed by atoms with Crippen molar-refractivity contribution in [2.45, 2.75) is 45.5 Å². The quantitative estimate of drug-likeness (QED) is 0.592. The van der Waals surface area contributed by atoms with E-state index >= 15 is 0 Å². The van der Waals surface area contributed by atoms with E-state index in [1.807, 2.05) is 20.8 Å². The van der Waals surface area contributed by atoms with Crippen LogP contribution in [-0.4, -0.2) is 43.1 Å². The van der Waals surface area contributed by atoms with Crippen molar-refractivity contribution in [3.63, 3.8) is 0 Å². The molecule has 0 radical (unpaired) electrons. The summed E-state index contributed by atoms with van der Waals surface area (Å²) < 4.78 is 64.9. The van der Waals surface area contributed by atoms with Crippen molar-refractivity contribution < 1.29 is 35.7 Å². The number of fused-ring (bicyclic) bond motifs is 1. The Morgan fingerprint density at radius 3 is 2.33 bits per heavy atom. The molecule has 1 N–H and O–H groups in total. The van der Waals surface area contributed by atoms with E-state index in [9.17, 15) is 31.5 Å². The maximum atomic E-state index is 12.6. The zero-order valence-corrected chi connectivity index (χ0v) is 16.2. The molecule has 1 unspecified atom stereocenters. The van der Waals surface area contributed by atoms with Crippen LogP contribution in [-0.2, 0) is 16.5 Å². The summed E-state index contributed by atoms with van der Waals surface area (Å²) in [5.41, 5.74) is -4.17. The summed E-state index contributed by atoms with van der Waals surface area (Å²) in [7, 11) is -5.78. The standard InChI is InChI=1S/C17H22F3NO5S/c1-10-11-7-8-21(15(22)23)9-13(16(2,3)4)12(11)5-6-14(10)26-27(24,25)17(18,19)20/h5-6,13H,7-9H2,1-4H3,(H,22,23). The second-order valence-corrected chi connectivity index (χ2v) is 9.17. The molecule has 1 aromatic carbocycles. The van der Waals surface area contributed by atoms with Gasteiger partial charge in [0.1, 0.15) is 5.75 Å². The Hall–Kier alpha value is -1.97. The number of alkyl halides is 3. The summed E-state index contributed by atoms with van der Waals surface area (Å²) in [6.07, 6.45) is -0.825. The highest BCUT2D eigenvalue weighted by Gasteiger charge is 2.49. The third-order valence-electron chi connectivity index (χ3n) is 4.79. The SMILES string of the molecule is Cc1c(OS(=O)(=O)C(F)(F)F)ccc2c1CCN(C(=O)O)CC2C(C)(C)C. The van der Waals surface area contributed by atoms with E-state index in [0.717, 1.165) is 5.56 Å². The lowest BCUT2D eigenvalue weighted by molar-refractivity contribution is -0.0500. The van der Waals surface area contributed by atoms with Gasteiger partial charge < -0.3 is 14.2 Å². The largest absolute Gasteiger partial charge is 0.534 e. The molecule has 0 fully saturated rings. The molecule has 6 nitrogen and oxygen atoms in total. The molecule has 152 valence electrons. The van der Waals surface area contributed by atoms with Crippen LogP contribution in [0.25, 0.3) is 0 Å². The number of rotatable bonds is 2. The molecule has 1 aliphatic heterocycles. The number of amides is 1. The number of hydrogen-bond donors (Lipinski definition) is 1. The predicted molar refractivity (Wildman–Crippen MR) is 92.3 cm³/mol. The highest BCUT2D eigenvalue weighted by molar-refractivity contribution is 7.88. The van der Waals surface area contributed by atoms with Crippen LogP contribution in [0.2, 0.25) is 0 Å². The summed E-state index contributed by atoms with van der Waals surface area (Å²) in [6.45, 7) is 7.72. The Kier molecular flexibility index (Phi) is 5.44. The predicted octanol–water partition coefficient (Wildman–Crippen LogP) is 3.89. The number of hydrogen-bond acceptors (Lipinski definition) is 4. The fourth-order valence-electron chi connectivity index (χ4n) is 3.24. The molecular formula is C17H22F3NO5S. The number of halogens is 3. The maximum absolute atomic E-state index is 12.6. The zero-order valence-electron chi connectivity index (χ0n) is 15.4. The molecule has 0 aromatic heterocycles. The van der Waals surface area contributed by atoms with E-state index in [-0.39, 0.29) is 36.4 Å². The monoisotopic (exact) mass is 409 g/mol. The Morgan fingerprint density at radius 1 is 1.26 bits per heavy atom. The molecule has 1 heterocycles. The van der Waals surface area contributed by atoms with E-state index in [2.05, 4.69) is 4.18 Å². The Bertz CT molecular complexity index is 843. The van der Waals surface area contributed by atoms with Crippen LogP contribution in [0.1, 0.15) is 43.4 Å². The molecule has 1 amide bonds. The lowest BCUT2D eigenvalue weighted by atomic mass is 9.74. The first-order valence-corrected chi connectivity index (χ1v) is 9.67. The van der Waals surface area contributed by atoms with Gasteiger partial charge in [-0.3, -0.25) is 0 Å². The van der Waals surface area contributed by atoms with Gasteiger partial charge in [0.25, 0.3) is 0 Å². The molecule has 0 saturated carbocycles. The number of carbonyl (C=O) groups is 1. The molecule has 27 heavy (non-hydrogen) atoms. The van der Waals surface area contributed by atoms with Crippen molar-refractivity contribution in [1.29, 1.82) is 0 Å².